The molecule has 0 aliphatic heterocycles. The average Bonchev–Trinajstić information content (AvgIpc) is 2.66. The summed E-state index contributed by atoms with van der Waals surface area (Å²) >= 11 is 0. The summed E-state index contributed by atoms with van der Waals surface area (Å²) in [6.45, 7) is 0. The number of amides is 1. The lowest BCUT2D eigenvalue weighted by Gasteiger charge is -2.32. The van der Waals surface area contributed by atoms with Gasteiger partial charge < -0.3 is 5.32 Å². The molecule has 0 radical (unpaired) electrons. The molecule has 1 atom stereocenters. The van der Waals surface area contributed by atoms with Crippen LogP contribution in [0.3, 0.4) is 0 Å². The summed E-state index contributed by atoms with van der Waals surface area (Å²) in [5.41, 5.74) is -0.406. The molecular formula is C16H17F4NO. The van der Waals surface area contributed by atoms with Gasteiger partial charge in [0.25, 0.3) is 0 Å². The Morgan fingerprint density at radius 1 is 1.18 bits per heavy atom. The molecule has 1 aliphatic rings. The Labute approximate surface area is 126 Å². The van der Waals surface area contributed by atoms with Gasteiger partial charge in [0, 0.05) is 0 Å². The van der Waals surface area contributed by atoms with Gasteiger partial charge in [-0.2, -0.15) is 13.2 Å². The van der Waals surface area contributed by atoms with Crippen molar-refractivity contribution in [2.24, 2.45) is 0 Å². The van der Waals surface area contributed by atoms with Gasteiger partial charge >= 0.3 is 12.1 Å². The van der Waals surface area contributed by atoms with Crippen LogP contribution in [0.5, 0.6) is 0 Å². The summed E-state index contributed by atoms with van der Waals surface area (Å²) in [7, 11) is 0. The Morgan fingerprint density at radius 2 is 1.86 bits per heavy atom. The summed E-state index contributed by atoms with van der Waals surface area (Å²) in [4.78, 5) is 11.4. The second kappa shape index (κ2) is 6.50. The van der Waals surface area contributed by atoms with E-state index in [-0.39, 0.29) is 6.42 Å². The molecule has 2 nitrogen and oxygen atoms in total. The topological polar surface area (TPSA) is 29.1 Å². The molecule has 6 heteroatoms. The molecule has 2 rings (SSSR count). The molecular weight excluding hydrogens is 298 g/mol. The summed E-state index contributed by atoms with van der Waals surface area (Å²) in [6.07, 6.45) is 1.49. The zero-order chi connectivity index (χ0) is 16.2. The molecule has 0 heterocycles. The fourth-order valence-electron chi connectivity index (χ4n) is 2.65. The Morgan fingerprint density at radius 3 is 2.50 bits per heavy atom. The standard InChI is InChI=1S/C16H17F4NO/c17-13-7-5-12(6-8-13)11-15(9-3-1-2-4-10-15)21-14(22)16(18,19)20/h3,5-9H,1-2,4,10-11H2,(H,21,22). The van der Waals surface area contributed by atoms with E-state index in [9.17, 15) is 22.4 Å². The first-order valence-corrected chi connectivity index (χ1v) is 7.12. The van der Waals surface area contributed by atoms with Crippen molar-refractivity contribution >= 4 is 5.91 Å². The van der Waals surface area contributed by atoms with Crippen molar-refractivity contribution in [1.82, 2.24) is 5.32 Å². The Bertz CT molecular complexity index is 550. The van der Waals surface area contributed by atoms with E-state index in [0.29, 0.717) is 18.4 Å². The maximum absolute atomic E-state index is 13.0. The lowest BCUT2D eigenvalue weighted by molar-refractivity contribution is -0.175. The molecule has 0 bridgehead atoms. The predicted octanol–water partition coefficient (Wildman–Crippen LogP) is 3.92. The third kappa shape index (κ3) is 4.32. The fraction of sp³-hybridized carbons (Fsp3) is 0.438. The third-order valence-corrected chi connectivity index (χ3v) is 3.73. The van der Waals surface area contributed by atoms with Crippen LogP contribution in [-0.2, 0) is 11.2 Å². The molecule has 0 fully saturated rings. The highest BCUT2D eigenvalue weighted by Gasteiger charge is 2.43. The van der Waals surface area contributed by atoms with Crippen molar-refractivity contribution in [2.75, 3.05) is 0 Å². The molecule has 1 N–H and O–H groups in total. The van der Waals surface area contributed by atoms with Crippen molar-refractivity contribution < 1.29 is 22.4 Å². The zero-order valence-electron chi connectivity index (χ0n) is 11.9. The first kappa shape index (κ1) is 16.5. The summed E-state index contributed by atoms with van der Waals surface area (Å²) in [5.74, 6) is -2.35. The molecule has 0 saturated carbocycles. The smallest absolute Gasteiger partial charge is 0.339 e. The van der Waals surface area contributed by atoms with Crippen LogP contribution in [0.15, 0.2) is 36.4 Å². The van der Waals surface area contributed by atoms with Gasteiger partial charge in [-0.15, -0.1) is 0 Å². The van der Waals surface area contributed by atoms with Crippen LogP contribution in [0.4, 0.5) is 17.6 Å². The third-order valence-electron chi connectivity index (χ3n) is 3.73. The molecule has 1 aliphatic carbocycles. The van der Waals surface area contributed by atoms with E-state index in [0.717, 1.165) is 12.8 Å². The van der Waals surface area contributed by atoms with Crippen molar-refractivity contribution in [3.8, 4) is 0 Å². The van der Waals surface area contributed by atoms with Gasteiger partial charge in [-0.25, -0.2) is 4.39 Å². The predicted molar refractivity (Wildman–Crippen MR) is 74.6 cm³/mol. The second-order valence-electron chi connectivity index (χ2n) is 5.56. The number of nitrogens with one attached hydrogen (secondary N) is 1. The van der Waals surface area contributed by atoms with Crippen LogP contribution >= 0.6 is 0 Å². The molecule has 1 aromatic rings. The average molecular weight is 315 g/mol. The summed E-state index contributed by atoms with van der Waals surface area (Å²) in [5, 5.41) is 2.13. The fourth-order valence-corrected chi connectivity index (χ4v) is 2.65. The molecule has 0 saturated heterocycles. The minimum absolute atomic E-state index is 0.200. The minimum Gasteiger partial charge on any atom is -0.339 e. The van der Waals surface area contributed by atoms with Gasteiger partial charge in [0.05, 0.1) is 5.54 Å². The molecule has 1 aromatic carbocycles. The highest BCUT2D eigenvalue weighted by molar-refractivity contribution is 5.82. The van der Waals surface area contributed by atoms with E-state index in [1.807, 2.05) is 0 Å². The lowest BCUT2D eigenvalue weighted by atomic mass is 9.86. The molecule has 22 heavy (non-hydrogen) atoms. The number of alkyl halides is 3. The van der Waals surface area contributed by atoms with Gasteiger partial charge in [0.1, 0.15) is 5.82 Å². The van der Waals surface area contributed by atoms with Gasteiger partial charge in [-0.1, -0.05) is 30.7 Å². The van der Waals surface area contributed by atoms with Crippen LogP contribution in [0.1, 0.15) is 31.2 Å². The van der Waals surface area contributed by atoms with E-state index in [1.165, 1.54) is 24.3 Å². The Balaban J connectivity index is 2.25. The molecule has 1 amide bonds. The van der Waals surface area contributed by atoms with E-state index in [1.54, 1.807) is 12.2 Å². The first-order chi connectivity index (χ1) is 10.3. The quantitative estimate of drug-likeness (QED) is 0.665. The maximum atomic E-state index is 13.0. The van der Waals surface area contributed by atoms with Crippen molar-refractivity contribution in [1.29, 1.82) is 0 Å². The maximum Gasteiger partial charge on any atom is 0.471 e. The largest absolute Gasteiger partial charge is 0.471 e. The second-order valence-corrected chi connectivity index (χ2v) is 5.56. The first-order valence-electron chi connectivity index (χ1n) is 7.12. The van der Waals surface area contributed by atoms with Gasteiger partial charge in [0.15, 0.2) is 0 Å². The number of hydrogen-bond acceptors (Lipinski definition) is 1. The summed E-state index contributed by atoms with van der Waals surface area (Å²) < 4.78 is 50.7. The van der Waals surface area contributed by atoms with E-state index in [4.69, 9.17) is 0 Å². The van der Waals surface area contributed by atoms with Crippen LogP contribution < -0.4 is 5.32 Å². The summed E-state index contributed by atoms with van der Waals surface area (Å²) in [6, 6.07) is 5.56. The van der Waals surface area contributed by atoms with Crippen molar-refractivity contribution in [2.45, 2.75) is 43.8 Å². The highest BCUT2D eigenvalue weighted by atomic mass is 19.4. The Kier molecular flexibility index (Phi) is 4.88. The number of benzene rings is 1. The van der Waals surface area contributed by atoms with Gasteiger partial charge in [0.2, 0.25) is 0 Å². The zero-order valence-corrected chi connectivity index (χ0v) is 11.9. The van der Waals surface area contributed by atoms with Crippen LogP contribution in [0, 0.1) is 5.82 Å². The Hall–Kier alpha value is -1.85. The molecule has 1 unspecified atom stereocenters. The van der Waals surface area contributed by atoms with Crippen molar-refractivity contribution in [3.05, 3.63) is 47.8 Å². The number of allylic oxidation sites excluding steroid dienone is 1. The lowest BCUT2D eigenvalue weighted by Crippen LogP contribution is -2.52. The minimum atomic E-state index is -4.92. The number of carbonyl (C=O) groups excluding carboxylic acids is 1. The number of halogens is 4. The van der Waals surface area contributed by atoms with Crippen LogP contribution in [0.2, 0.25) is 0 Å². The normalized spacial score (nSPS) is 22.2. The molecule has 0 aromatic heterocycles. The number of rotatable bonds is 3. The highest BCUT2D eigenvalue weighted by Crippen LogP contribution is 2.28. The monoisotopic (exact) mass is 315 g/mol. The van der Waals surface area contributed by atoms with E-state index < -0.39 is 23.4 Å². The molecule has 0 spiro atoms. The van der Waals surface area contributed by atoms with Crippen LogP contribution in [-0.4, -0.2) is 17.6 Å². The van der Waals surface area contributed by atoms with Gasteiger partial charge in [-0.05, 0) is 43.4 Å². The number of carbonyl (C=O) groups is 1. The van der Waals surface area contributed by atoms with Crippen molar-refractivity contribution in [3.63, 3.8) is 0 Å². The van der Waals surface area contributed by atoms with Crippen LogP contribution in [0.25, 0.3) is 0 Å². The molecule has 120 valence electrons. The SMILES string of the molecule is O=C(NC1(Cc2ccc(F)cc2)C=CCCCC1)C(F)(F)F. The number of hydrogen-bond donors (Lipinski definition) is 1. The van der Waals surface area contributed by atoms with Gasteiger partial charge in [-0.3, -0.25) is 4.79 Å². The van der Waals surface area contributed by atoms with E-state index in [2.05, 4.69) is 5.32 Å². The van der Waals surface area contributed by atoms with E-state index >= 15 is 0 Å².